The SMILES string of the molecule is Cc1ccc(CNC(=O)C2(N)CCN(N)CC2)cc1-c1ccccc1. The van der Waals surface area contributed by atoms with Gasteiger partial charge in [0.25, 0.3) is 0 Å². The molecule has 0 radical (unpaired) electrons. The molecule has 1 saturated heterocycles. The molecule has 2 aromatic rings. The molecule has 1 amide bonds. The highest BCUT2D eigenvalue weighted by Crippen LogP contribution is 2.24. The summed E-state index contributed by atoms with van der Waals surface area (Å²) in [7, 11) is 0. The molecular weight excluding hydrogens is 312 g/mol. The van der Waals surface area contributed by atoms with Crippen LogP contribution in [0.15, 0.2) is 48.5 Å². The summed E-state index contributed by atoms with van der Waals surface area (Å²) in [4.78, 5) is 12.5. The predicted molar refractivity (Wildman–Crippen MR) is 100 cm³/mol. The van der Waals surface area contributed by atoms with Gasteiger partial charge in [-0.1, -0.05) is 42.5 Å². The third kappa shape index (κ3) is 4.07. The molecular formula is C20H26N4O. The largest absolute Gasteiger partial charge is 0.350 e. The summed E-state index contributed by atoms with van der Waals surface area (Å²) in [6.45, 7) is 3.86. The number of carbonyl (C=O) groups excluding carboxylic acids is 1. The second kappa shape index (κ2) is 7.35. The predicted octanol–water partition coefficient (Wildman–Crippen LogP) is 1.95. The topological polar surface area (TPSA) is 84.4 Å². The number of nitrogens with one attached hydrogen (secondary N) is 1. The molecule has 0 saturated carbocycles. The number of hydrazine groups is 1. The second-order valence-corrected chi connectivity index (χ2v) is 6.89. The van der Waals surface area contributed by atoms with Gasteiger partial charge in [-0.2, -0.15) is 0 Å². The van der Waals surface area contributed by atoms with Crippen molar-refractivity contribution in [3.8, 4) is 11.1 Å². The molecule has 2 aromatic carbocycles. The summed E-state index contributed by atoms with van der Waals surface area (Å²) in [6.07, 6.45) is 1.16. The van der Waals surface area contributed by atoms with Crippen LogP contribution in [0.1, 0.15) is 24.0 Å². The van der Waals surface area contributed by atoms with E-state index in [2.05, 4.69) is 36.5 Å². The van der Waals surface area contributed by atoms with E-state index in [1.165, 1.54) is 16.7 Å². The van der Waals surface area contributed by atoms with Gasteiger partial charge in [-0.15, -0.1) is 0 Å². The lowest BCUT2D eigenvalue weighted by atomic mass is 9.88. The van der Waals surface area contributed by atoms with Crippen LogP contribution in [0.4, 0.5) is 0 Å². The van der Waals surface area contributed by atoms with Crippen molar-refractivity contribution in [2.75, 3.05) is 13.1 Å². The molecule has 5 heteroatoms. The highest BCUT2D eigenvalue weighted by molar-refractivity contribution is 5.86. The Balaban J connectivity index is 1.68. The van der Waals surface area contributed by atoms with Crippen molar-refractivity contribution in [2.45, 2.75) is 31.8 Å². The Morgan fingerprint density at radius 2 is 1.84 bits per heavy atom. The molecule has 0 unspecified atom stereocenters. The highest BCUT2D eigenvalue weighted by atomic mass is 16.2. The lowest BCUT2D eigenvalue weighted by Crippen LogP contribution is -2.60. The van der Waals surface area contributed by atoms with Gasteiger partial charge in [0.15, 0.2) is 0 Å². The molecule has 0 bridgehead atoms. The van der Waals surface area contributed by atoms with Crippen molar-refractivity contribution in [1.82, 2.24) is 10.3 Å². The molecule has 1 heterocycles. The fourth-order valence-corrected chi connectivity index (χ4v) is 3.22. The molecule has 0 atom stereocenters. The minimum absolute atomic E-state index is 0.0950. The Morgan fingerprint density at radius 1 is 1.16 bits per heavy atom. The summed E-state index contributed by atoms with van der Waals surface area (Å²) in [5.74, 6) is 5.66. The van der Waals surface area contributed by atoms with Gasteiger partial charge in [-0.3, -0.25) is 10.6 Å². The summed E-state index contributed by atoms with van der Waals surface area (Å²) in [6, 6.07) is 16.5. The number of aryl methyl sites for hydroxylation is 1. The van der Waals surface area contributed by atoms with Crippen LogP contribution in [0.2, 0.25) is 0 Å². The van der Waals surface area contributed by atoms with E-state index in [0.717, 1.165) is 5.56 Å². The number of amides is 1. The Hall–Kier alpha value is -2.21. The van der Waals surface area contributed by atoms with Crippen molar-refractivity contribution in [3.63, 3.8) is 0 Å². The molecule has 132 valence electrons. The second-order valence-electron chi connectivity index (χ2n) is 6.89. The molecule has 3 rings (SSSR count). The normalized spacial score (nSPS) is 17.2. The Morgan fingerprint density at radius 3 is 2.52 bits per heavy atom. The van der Waals surface area contributed by atoms with Gasteiger partial charge in [0.05, 0.1) is 5.54 Å². The van der Waals surface area contributed by atoms with Crippen LogP contribution in [-0.2, 0) is 11.3 Å². The Labute approximate surface area is 149 Å². The maximum atomic E-state index is 12.5. The highest BCUT2D eigenvalue weighted by Gasteiger charge is 2.36. The van der Waals surface area contributed by atoms with E-state index in [4.69, 9.17) is 11.6 Å². The number of carbonyl (C=O) groups is 1. The zero-order chi connectivity index (χ0) is 17.9. The minimum Gasteiger partial charge on any atom is -0.350 e. The summed E-state index contributed by atoms with van der Waals surface area (Å²) in [5, 5.41) is 4.71. The lowest BCUT2D eigenvalue weighted by molar-refractivity contribution is -0.128. The van der Waals surface area contributed by atoms with Crippen LogP contribution in [-0.4, -0.2) is 29.5 Å². The molecule has 0 aromatic heterocycles. The van der Waals surface area contributed by atoms with E-state index >= 15 is 0 Å². The average molecular weight is 338 g/mol. The number of hydrogen-bond acceptors (Lipinski definition) is 4. The first-order chi connectivity index (χ1) is 12.0. The number of nitrogens with zero attached hydrogens (tertiary/aromatic N) is 1. The van der Waals surface area contributed by atoms with E-state index in [9.17, 15) is 4.79 Å². The first-order valence-electron chi connectivity index (χ1n) is 8.70. The van der Waals surface area contributed by atoms with Gasteiger partial charge in [0.1, 0.15) is 0 Å². The van der Waals surface area contributed by atoms with Crippen LogP contribution in [0.5, 0.6) is 0 Å². The molecule has 5 nitrogen and oxygen atoms in total. The fourth-order valence-electron chi connectivity index (χ4n) is 3.22. The molecule has 1 aliphatic rings. The monoisotopic (exact) mass is 338 g/mol. The van der Waals surface area contributed by atoms with Crippen LogP contribution in [0.25, 0.3) is 11.1 Å². The van der Waals surface area contributed by atoms with Crippen molar-refractivity contribution in [3.05, 3.63) is 59.7 Å². The first kappa shape index (κ1) is 17.6. The average Bonchev–Trinajstić information content (AvgIpc) is 2.64. The fraction of sp³-hybridized carbons (Fsp3) is 0.350. The van der Waals surface area contributed by atoms with Gasteiger partial charge in [0, 0.05) is 19.6 Å². The first-order valence-corrected chi connectivity index (χ1v) is 8.70. The number of benzene rings is 2. The van der Waals surface area contributed by atoms with Gasteiger partial charge >= 0.3 is 0 Å². The smallest absolute Gasteiger partial charge is 0.240 e. The molecule has 25 heavy (non-hydrogen) atoms. The van der Waals surface area contributed by atoms with E-state index in [1.807, 2.05) is 24.3 Å². The minimum atomic E-state index is -0.817. The van der Waals surface area contributed by atoms with Crippen LogP contribution in [0.3, 0.4) is 0 Å². The van der Waals surface area contributed by atoms with E-state index in [0.29, 0.717) is 32.5 Å². The number of nitrogens with two attached hydrogens (primary N) is 2. The zero-order valence-electron chi connectivity index (χ0n) is 14.7. The van der Waals surface area contributed by atoms with Gasteiger partial charge in [-0.05, 0) is 48.1 Å². The van der Waals surface area contributed by atoms with E-state index < -0.39 is 5.54 Å². The quantitative estimate of drug-likeness (QED) is 0.744. The van der Waals surface area contributed by atoms with E-state index in [-0.39, 0.29) is 5.91 Å². The van der Waals surface area contributed by atoms with Crippen molar-refractivity contribution < 1.29 is 4.79 Å². The summed E-state index contributed by atoms with van der Waals surface area (Å²) >= 11 is 0. The summed E-state index contributed by atoms with van der Waals surface area (Å²) in [5.41, 5.74) is 10.1. The van der Waals surface area contributed by atoms with Crippen molar-refractivity contribution in [1.29, 1.82) is 0 Å². The Kier molecular flexibility index (Phi) is 5.18. The number of piperidine rings is 1. The lowest BCUT2D eigenvalue weighted by Gasteiger charge is -2.35. The standard InChI is InChI=1S/C20H26N4O/c1-15-7-8-16(13-18(15)17-5-3-2-4-6-17)14-23-19(25)20(21)9-11-24(22)12-10-20/h2-8,13H,9-12,14,21-22H2,1H3,(H,23,25). The number of hydrogen-bond donors (Lipinski definition) is 3. The number of rotatable bonds is 4. The van der Waals surface area contributed by atoms with Crippen LogP contribution in [0, 0.1) is 6.92 Å². The van der Waals surface area contributed by atoms with Crippen LogP contribution < -0.4 is 16.9 Å². The third-order valence-electron chi connectivity index (χ3n) is 4.98. The molecule has 0 spiro atoms. The maximum absolute atomic E-state index is 12.5. The zero-order valence-corrected chi connectivity index (χ0v) is 14.7. The van der Waals surface area contributed by atoms with Gasteiger partial charge in [-0.25, -0.2) is 5.01 Å². The van der Waals surface area contributed by atoms with Gasteiger partial charge < -0.3 is 11.1 Å². The maximum Gasteiger partial charge on any atom is 0.240 e. The van der Waals surface area contributed by atoms with Crippen LogP contribution >= 0.6 is 0 Å². The molecule has 1 aliphatic heterocycles. The summed E-state index contributed by atoms with van der Waals surface area (Å²) < 4.78 is 0. The van der Waals surface area contributed by atoms with Gasteiger partial charge in [0.2, 0.25) is 5.91 Å². The van der Waals surface area contributed by atoms with Crippen molar-refractivity contribution >= 4 is 5.91 Å². The molecule has 1 fully saturated rings. The van der Waals surface area contributed by atoms with Crippen molar-refractivity contribution in [2.24, 2.45) is 11.6 Å². The van der Waals surface area contributed by atoms with E-state index in [1.54, 1.807) is 5.01 Å². The molecule has 5 N–H and O–H groups in total. The Bertz CT molecular complexity index is 737. The molecule has 0 aliphatic carbocycles. The third-order valence-corrected chi connectivity index (χ3v) is 4.98.